The first-order valence-corrected chi connectivity index (χ1v) is 34.9. The number of benzene rings is 6. The van der Waals surface area contributed by atoms with Crippen LogP contribution in [-0.2, 0) is 0 Å². The Morgan fingerprint density at radius 3 is 0.674 bits per heavy atom. The smallest absolute Gasteiger partial charge is 0.164 e. The van der Waals surface area contributed by atoms with Gasteiger partial charge in [-0.1, -0.05) is 277 Å². The summed E-state index contributed by atoms with van der Waals surface area (Å²) in [6.45, 7) is 11.3. The molecular weight excluding hydrogens is 1140 g/mol. The first kappa shape index (κ1) is 64.9. The Bertz CT molecular complexity index is 3460. The molecule has 0 radical (unpaired) electrons. The molecule has 0 spiro atoms. The lowest BCUT2D eigenvalue weighted by atomic mass is 9.98. The Balaban J connectivity index is 1.18. The summed E-state index contributed by atoms with van der Waals surface area (Å²) < 4.78 is 27.3. The summed E-state index contributed by atoms with van der Waals surface area (Å²) in [5, 5.41) is 0. The number of rotatable bonds is 36. The van der Waals surface area contributed by atoms with Gasteiger partial charge in [0.1, 0.15) is 22.6 Å². The molecule has 0 atom stereocenters. The van der Waals surface area contributed by atoms with Gasteiger partial charge in [0.25, 0.3) is 0 Å². The highest BCUT2D eigenvalue weighted by Crippen LogP contribution is 2.47. The van der Waals surface area contributed by atoms with E-state index in [4.69, 9.17) is 48.9 Å². The van der Waals surface area contributed by atoms with Crippen molar-refractivity contribution in [2.24, 2.45) is 0 Å². The first-order valence-electron chi connectivity index (χ1n) is 34.9. The number of fused-ring (bicyclic) bond motifs is 14. The van der Waals surface area contributed by atoms with E-state index >= 15 is 0 Å². The van der Waals surface area contributed by atoms with Crippen molar-refractivity contribution in [3.63, 3.8) is 0 Å². The predicted molar refractivity (Wildman–Crippen MR) is 378 cm³/mol. The molecule has 0 saturated heterocycles. The number of aromatic nitrogens is 8. The Kier molecular flexibility index (Phi) is 23.7. The van der Waals surface area contributed by atoms with Crippen LogP contribution in [0.1, 0.15) is 182 Å². The lowest BCUT2D eigenvalue weighted by Gasteiger charge is -2.15. The van der Waals surface area contributed by atoms with E-state index in [-0.39, 0.29) is 0 Å². The Labute approximate surface area is 545 Å². The van der Waals surface area contributed by atoms with Gasteiger partial charge in [-0.3, -0.25) is 0 Å². The van der Waals surface area contributed by atoms with Crippen molar-refractivity contribution in [2.45, 2.75) is 182 Å². The maximum absolute atomic E-state index is 6.83. The van der Waals surface area contributed by atoms with Crippen molar-refractivity contribution in [1.29, 1.82) is 0 Å². The van der Waals surface area contributed by atoms with E-state index in [9.17, 15) is 0 Å². The molecule has 478 valence electrons. The first-order chi connectivity index (χ1) is 45.5. The maximum Gasteiger partial charge on any atom is 0.164 e. The normalized spacial score (nSPS) is 11.6. The van der Waals surface area contributed by atoms with Crippen LogP contribution in [0.5, 0.6) is 23.0 Å². The summed E-state index contributed by atoms with van der Waals surface area (Å²) in [6, 6.07) is 50.1. The fraction of sp³-hybridized carbons (Fsp3) is 0.400. The summed E-state index contributed by atoms with van der Waals surface area (Å²) in [5.74, 6) is 4.57. The number of nitrogens with one attached hydrogen (secondary N) is 2. The molecule has 8 bridgehead atoms. The molecule has 12 nitrogen and oxygen atoms in total. The van der Waals surface area contributed by atoms with Crippen LogP contribution in [0.25, 0.3) is 113 Å². The molecule has 3 aromatic heterocycles. The monoisotopic (exact) mass is 1230 g/mol. The molecule has 5 heterocycles. The van der Waals surface area contributed by atoms with Gasteiger partial charge in [0.05, 0.1) is 26.4 Å². The maximum atomic E-state index is 6.83. The molecule has 0 unspecified atom stereocenters. The molecule has 0 aliphatic carbocycles. The molecule has 0 saturated carbocycles. The molecule has 9 aromatic rings. The van der Waals surface area contributed by atoms with Crippen LogP contribution in [0.15, 0.2) is 146 Å². The highest BCUT2D eigenvalue weighted by Gasteiger charge is 2.29. The van der Waals surface area contributed by atoms with Gasteiger partial charge in [0.2, 0.25) is 0 Å². The zero-order chi connectivity index (χ0) is 63.1. The quantitative estimate of drug-likeness (QED) is 0.0364. The molecular formula is C80H94N8O4. The molecule has 92 heavy (non-hydrogen) atoms. The number of unbranched alkanes of at least 4 members (excludes halogenated alkanes) is 20. The third kappa shape index (κ3) is 16.3. The van der Waals surface area contributed by atoms with Crippen molar-refractivity contribution in [3.8, 4) is 113 Å². The van der Waals surface area contributed by atoms with E-state index in [1.54, 1.807) is 0 Å². The largest absolute Gasteiger partial charge is 0.490 e. The van der Waals surface area contributed by atoms with E-state index in [1.165, 1.54) is 103 Å². The number of aromatic amines is 2. The van der Waals surface area contributed by atoms with Crippen molar-refractivity contribution in [3.05, 3.63) is 146 Å². The highest BCUT2D eigenvalue weighted by atomic mass is 16.5. The van der Waals surface area contributed by atoms with Crippen molar-refractivity contribution in [1.82, 2.24) is 39.9 Å². The van der Waals surface area contributed by atoms with Gasteiger partial charge < -0.3 is 28.9 Å². The van der Waals surface area contributed by atoms with Crippen molar-refractivity contribution < 1.29 is 18.9 Å². The number of ether oxygens (including phenoxy) is 4. The summed E-state index contributed by atoms with van der Waals surface area (Å²) >= 11 is 0. The van der Waals surface area contributed by atoms with Gasteiger partial charge in [-0.05, 0) is 72.2 Å². The van der Waals surface area contributed by atoms with Gasteiger partial charge in [-0.25, -0.2) is 29.9 Å². The number of H-pyrrole nitrogens is 2. The Hall–Kier alpha value is -8.64. The standard InChI is InChI=1S/C80H94N8O4/c1-5-9-13-17-21-37-49-89-65-53-61-62(54-66(65)90-50-38-22-18-14-10-6-2)74-81-73(61)83-77-69(57-41-29-25-30-42-57)70(58-43-31-26-32-44-58)79(87-77)85-75-63-55-67(91-51-39-23-19-15-11-7-3)68(92-52-40-24-20-16-12-8-4)56-64(63)76(82-75)86-80-72(60-47-35-28-36-48-60)71(78(84-74)88-80)59-45-33-27-34-46-59/h25-36,41-48,53-56H,5-24,37-40,49-52H2,1-4H3,(H2,81,82,83,84,85,86,87,88). The average molecular weight is 1230 g/mol. The summed E-state index contributed by atoms with van der Waals surface area (Å²) in [4.78, 5) is 41.3. The second kappa shape index (κ2) is 33.6. The fourth-order valence-corrected chi connectivity index (χ4v) is 12.6. The van der Waals surface area contributed by atoms with E-state index in [0.29, 0.717) is 95.3 Å². The molecule has 11 rings (SSSR count). The second-order valence-corrected chi connectivity index (χ2v) is 24.7. The van der Waals surface area contributed by atoms with E-state index in [2.05, 4.69) is 159 Å². The van der Waals surface area contributed by atoms with Gasteiger partial charge in [-0.15, -0.1) is 0 Å². The summed E-state index contributed by atoms with van der Waals surface area (Å²) in [7, 11) is 0. The minimum absolute atomic E-state index is 0.475. The Morgan fingerprint density at radius 1 is 0.250 bits per heavy atom. The number of nitrogens with zero attached hydrogens (tertiary/aromatic N) is 6. The minimum atomic E-state index is 0.475. The predicted octanol–water partition coefficient (Wildman–Crippen LogP) is 22.2. The number of hydrogen-bond donors (Lipinski definition) is 2. The third-order valence-corrected chi connectivity index (χ3v) is 17.6. The molecule has 12 heteroatoms. The number of hydrogen-bond acceptors (Lipinski definition) is 10. The van der Waals surface area contributed by atoms with Gasteiger partial charge in [0.15, 0.2) is 46.3 Å². The summed E-state index contributed by atoms with van der Waals surface area (Å²) in [5.41, 5.74) is 12.8. The third-order valence-electron chi connectivity index (χ3n) is 17.6. The lowest BCUT2D eigenvalue weighted by molar-refractivity contribution is 0.258. The van der Waals surface area contributed by atoms with E-state index in [1.807, 2.05) is 24.3 Å². The SMILES string of the molecule is CCCCCCCCOc1cc2c(cc1OCCCCCCCC)-c1nc-2nc2[nH]c(nc3nc(nc4[nH]c(n1)c(-c1ccccc1)c4-c1ccccc1)-c1cc(OCCCCCCCC)c(OCCCCCCCC)cc1-3)c(-c1ccccc1)c2-c1ccccc1. The Morgan fingerprint density at radius 2 is 0.457 bits per heavy atom. The van der Waals surface area contributed by atoms with Crippen LogP contribution < -0.4 is 18.9 Å². The topological polar surface area (TPSA) is 146 Å². The molecule has 0 fully saturated rings. The van der Waals surface area contributed by atoms with Crippen LogP contribution in [0.3, 0.4) is 0 Å². The van der Waals surface area contributed by atoms with Crippen LogP contribution in [0.2, 0.25) is 0 Å². The van der Waals surface area contributed by atoms with Crippen LogP contribution in [0.4, 0.5) is 0 Å². The molecule has 0 amide bonds. The zero-order valence-electron chi connectivity index (χ0n) is 55.0. The van der Waals surface area contributed by atoms with Gasteiger partial charge in [-0.2, -0.15) is 0 Å². The van der Waals surface area contributed by atoms with E-state index in [0.717, 1.165) is 118 Å². The average Bonchev–Trinajstić information content (AvgIpc) is 1.61. The van der Waals surface area contributed by atoms with E-state index < -0.39 is 0 Å². The van der Waals surface area contributed by atoms with Crippen molar-refractivity contribution in [2.75, 3.05) is 26.4 Å². The van der Waals surface area contributed by atoms with Crippen LogP contribution >= 0.6 is 0 Å². The summed E-state index contributed by atoms with van der Waals surface area (Å²) in [6.07, 6.45) is 27.7. The zero-order valence-corrected chi connectivity index (χ0v) is 55.0. The molecule has 6 aromatic carbocycles. The molecule has 2 aliphatic heterocycles. The van der Waals surface area contributed by atoms with Crippen molar-refractivity contribution >= 4 is 22.6 Å². The molecule has 2 aliphatic rings. The second-order valence-electron chi connectivity index (χ2n) is 24.7. The van der Waals surface area contributed by atoms with Gasteiger partial charge in [0, 0.05) is 44.5 Å². The molecule has 2 N–H and O–H groups in total. The highest BCUT2D eigenvalue weighted by molar-refractivity contribution is 6.03. The van der Waals surface area contributed by atoms with Crippen LogP contribution in [-0.4, -0.2) is 66.3 Å². The lowest BCUT2D eigenvalue weighted by Crippen LogP contribution is -2.03. The fourth-order valence-electron chi connectivity index (χ4n) is 12.6. The van der Waals surface area contributed by atoms with Gasteiger partial charge >= 0.3 is 0 Å². The minimum Gasteiger partial charge on any atom is -0.490 e. The van der Waals surface area contributed by atoms with Crippen LogP contribution in [0, 0.1) is 0 Å².